The number of halogens is 1. The van der Waals surface area contributed by atoms with E-state index in [-0.39, 0.29) is 0 Å². The van der Waals surface area contributed by atoms with Crippen LogP contribution in [0.3, 0.4) is 0 Å². The summed E-state index contributed by atoms with van der Waals surface area (Å²) < 4.78 is 23.1. The standard InChI is InChI=1S/C11H21BrO2S/c1-2-8-15(13,14)9-7-10-5-3-4-6-11(10)12/h10-11H,2-9H2,1H3. The van der Waals surface area contributed by atoms with Crippen molar-refractivity contribution in [1.82, 2.24) is 0 Å². The Hall–Kier alpha value is 0.430. The van der Waals surface area contributed by atoms with Crippen molar-refractivity contribution in [1.29, 1.82) is 0 Å². The van der Waals surface area contributed by atoms with Crippen molar-refractivity contribution in [3.8, 4) is 0 Å². The van der Waals surface area contributed by atoms with E-state index < -0.39 is 9.84 Å². The highest BCUT2D eigenvalue weighted by atomic mass is 79.9. The summed E-state index contributed by atoms with van der Waals surface area (Å²) in [6.45, 7) is 1.92. The van der Waals surface area contributed by atoms with Crippen LogP contribution in [0.15, 0.2) is 0 Å². The Bertz CT molecular complexity index is 274. The molecule has 1 aliphatic carbocycles. The summed E-state index contributed by atoms with van der Waals surface area (Å²) in [7, 11) is -2.78. The molecule has 0 aliphatic heterocycles. The normalized spacial score (nSPS) is 27.9. The molecule has 0 saturated heterocycles. The Labute approximate surface area is 102 Å². The first-order valence-electron chi connectivity index (χ1n) is 5.89. The number of hydrogen-bond acceptors (Lipinski definition) is 2. The molecule has 0 spiro atoms. The second kappa shape index (κ2) is 6.24. The monoisotopic (exact) mass is 296 g/mol. The van der Waals surface area contributed by atoms with Gasteiger partial charge in [-0.1, -0.05) is 35.7 Å². The third-order valence-corrected chi connectivity index (χ3v) is 6.22. The predicted molar refractivity (Wildman–Crippen MR) is 68.2 cm³/mol. The first-order valence-corrected chi connectivity index (χ1v) is 8.63. The molecule has 0 aromatic carbocycles. The maximum absolute atomic E-state index is 11.6. The van der Waals surface area contributed by atoms with E-state index >= 15 is 0 Å². The molecule has 0 aromatic heterocycles. The fourth-order valence-electron chi connectivity index (χ4n) is 2.23. The van der Waals surface area contributed by atoms with Crippen LogP contribution in [0.2, 0.25) is 0 Å². The van der Waals surface area contributed by atoms with Gasteiger partial charge in [-0.3, -0.25) is 0 Å². The lowest BCUT2D eigenvalue weighted by molar-refractivity contribution is 0.366. The Morgan fingerprint density at radius 3 is 2.47 bits per heavy atom. The Morgan fingerprint density at radius 1 is 1.20 bits per heavy atom. The molecule has 1 rings (SSSR count). The SMILES string of the molecule is CCCS(=O)(=O)CCC1CCCCC1Br. The molecular formula is C11H21BrO2S. The summed E-state index contributed by atoms with van der Waals surface area (Å²) in [4.78, 5) is 0.545. The van der Waals surface area contributed by atoms with E-state index in [9.17, 15) is 8.42 Å². The van der Waals surface area contributed by atoms with Crippen molar-refractivity contribution in [2.45, 2.75) is 50.3 Å². The van der Waals surface area contributed by atoms with Gasteiger partial charge in [0.1, 0.15) is 9.84 Å². The molecule has 90 valence electrons. The Morgan fingerprint density at radius 2 is 1.87 bits per heavy atom. The maximum Gasteiger partial charge on any atom is 0.150 e. The molecule has 1 fully saturated rings. The van der Waals surface area contributed by atoms with Crippen molar-refractivity contribution >= 4 is 25.8 Å². The molecule has 4 heteroatoms. The van der Waals surface area contributed by atoms with Crippen LogP contribution in [0.5, 0.6) is 0 Å². The second-order valence-corrected chi connectivity index (χ2v) is 7.98. The molecule has 0 bridgehead atoms. The molecule has 2 nitrogen and oxygen atoms in total. The molecule has 2 atom stereocenters. The summed E-state index contributed by atoms with van der Waals surface area (Å²) in [6.07, 6.45) is 6.54. The van der Waals surface area contributed by atoms with E-state index in [0.29, 0.717) is 22.3 Å². The minimum absolute atomic E-state index is 0.354. The molecule has 0 amide bonds. The Kier molecular flexibility index (Phi) is 5.61. The quantitative estimate of drug-likeness (QED) is 0.731. The molecule has 0 N–H and O–H groups in total. The zero-order valence-corrected chi connectivity index (χ0v) is 11.8. The third-order valence-electron chi connectivity index (χ3n) is 3.13. The molecule has 0 radical (unpaired) electrons. The zero-order valence-electron chi connectivity index (χ0n) is 9.41. The molecule has 1 aliphatic rings. The van der Waals surface area contributed by atoms with Gasteiger partial charge in [-0.05, 0) is 31.6 Å². The first kappa shape index (κ1) is 13.5. The highest BCUT2D eigenvalue weighted by molar-refractivity contribution is 9.09. The van der Waals surface area contributed by atoms with Crippen LogP contribution in [-0.2, 0) is 9.84 Å². The summed E-state index contributed by atoms with van der Waals surface area (Å²) in [5, 5.41) is 0. The van der Waals surface area contributed by atoms with Gasteiger partial charge in [0.2, 0.25) is 0 Å². The van der Waals surface area contributed by atoms with Crippen LogP contribution in [-0.4, -0.2) is 24.8 Å². The van der Waals surface area contributed by atoms with Gasteiger partial charge in [-0.25, -0.2) is 8.42 Å². The van der Waals surface area contributed by atoms with Gasteiger partial charge in [0.25, 0.3) is 0 Å². The predicted octanol–water partition coefficient (Wildman–Crippen LogP) is 3.16. The van der Waals surface area contributed by atoms with E-state index in [1.807, 2.05) is 6.92 Å². The van der Waals surface area contributed by atoms with Crippen LogP contribution in [0.25, 0.3) is 0 Å². The summed E-state index contributed by atoms with van der Waals surface area (Å²) in [5.74, 6) is 1.31. The van der Waals surface area contributed by atoms with Gasteiger partial charge < -0.3 is 0 Å². The van der Waals surface area contributed by atoms with Crippen LogP contribution < -0.4 is 0 Å². The Balaban J connectivity index is 2.35. The van der Waals surface area contributed by atoms with Crippen molar-refractivity contribution in [3.05, 3.63) is 0 Å². The van der Waals surface area contributed by atoms with Crippen molar-refractivity contribution in [2.75, 3.05) is 11.5 Å². The lowest BCUT2D eigenvalue weighted by Gasteiger charge is -2.27. The van der Waals surface area contributed by atoms with E-state index in [1.54, 1.807) is 0 Å². The van der Waals surface area contributed by atoms with Crippen molar-refractivity contribution in [2.24, 2.45) is 5.92 Å². The second-order valence-electron chi connectivity index (χ2n) is 4.50. The van der Waals surface area contributed by atoms with Crippen LogP contribution in [0.4, 0.5) is 0 Å². The number of alkyl halides is 1. The molecular weight excluding hydrogens is 276 g/mol. The maximum atomic E-state index is 11.6. The zero-order chi connectivity index (χ0) is 11.3. The minimum Gasteiger partial charge on any atom is -0.229 e. The fraction of sp³-hybridized carbons (Fsp3) is 1.00. The number of sulfone groups is 1. The van der Waals surface area contributed by atoms with E-state index in [2.05, 4.69) is 15.9 Å². The van der Waals surface area contributed by atoms with Crippen LogP contribution >= 0.6 is 15.9 Å². The lowest BCUT2D eigenvalue weighted by atomic mass is 9.87. The average molecular weight is 297 g/mol. The van der Waals surface area contributed by atoms with E-state index in [1.165, 1.54) is 25.7 Å². The largest absolute Gasteiger partial charge is 0.229 e. The number of rotatable bonds is 5. The van der Waals surface area contributed by atoms with Crippen LogP contribution in [0, 0.1) is 5.92 Å². The summed E-state index contributed by atoms with van der Waals surface area (Å²) in [5.41, 5.74) is 0. The molecule has 15 heavy (non-hydrogen) atoms. The topological polar surface area (TPSA) is 34.1 Å². The van der Waals surface area contributed by atoms with Crippen molar-refractivity contribution < 1.29 is 8.42 Å². The highest BCUT2D eigenvalue weighted by Gasteiger charge is 2.24. The molecule has 0 aromatic rings. The van der Waals surface area contributed by atoms with Gasteiger partial charge in [-0.2, -0.15) is 0 Å². The van der Waals surface area contributed by atoms with Crippen molar-refractivity contribution in [3.63, 3.8) is 0 Å². The fourth-order valence-corrected chi connectivity index (χ4v) is 4.57. The van der Waals surface area contributed by atoms with Gasteiger partial charge in [0, 0.05) is 10.6 Å². The van der Waals surface area contributed by atoms with Gasteiger partial charge >= 0.3 is 0 Å². The smallest absolute Gasteiger partial charge is 0.150 e. The van der Waals surface area contributed by atoms with E-state index in [4.69, 9.17) is 0 Å². The van der Waals surface area contributed by atoms with Gasteiger partial charge in [0.05, 0.1) is 5.75 Å². The first-order chi connectivity index (χ1) is 7.05. The summed E-state index contributed by atoms with van der Waals surface area (Å²) >= 11 is 3.67. The highest BCUT2D eigenvalue weighted by Crippen LogP contribution is 2.32. The third kappa shape index (κ3) is 4.85. The average Bonchev–Trinajstić information content (AvgIpc) is 2.16. The molecule has 2 unspecified atom stereocenters. The van der Waals surface area contributed by atoms with Crippen LogP contribution in [0.1, 0.15) is 45.4 Å². The number of hydrogen-bond donors (Lipinski definition) is 0. The lowest BCUT2D eigenvalue weighted by Crippen LogP contribution is -2.23. The van der Waals surface area contributed by atoms with Gasteiger partial charge in [0.15, 0.2) is 0 Å². The van der Waals surface area contributed by atoms with Gasteiger partial charge in [-0.15, -0.1) is 0 Å². The van der Waals surface area contributed by atoms with E-state index in [0.717, 1.165) is 12.8 Å². The molecule has 1 saturated carbocycles. The molecule has 0 heterocycles. The summed E-state index contributed by atoms with van der Waals surface area (Å²) in [6, 6.07) is 0. The minimum atomic E-state index is -2.78.